The Morgan fingerprint density at radius 1 is 1.03 bits per heavy atom. The first kappa shape index (κ1) is 24.4. The first-order valence-electron chi connectivity index (χ1n) is 10.7. The second-order valence-corrected chi connectivity index (χ2v) is 8.99. The monoisotopic (exact) mass is 431 g/mol. The van der Waals surface area contributed by atoms with Crippen molar-refractivity contribution in [3.8, 4) is 0 Å². The maximum atomic E-state index is 12.3. The first-order chi connectivity index (χ1) is 14.6. The number of carbonyl (C=O) groups excluding carboxylic acids is 4. The highest BCUT2D eigenvalue weighted by Crippen LogP contribution is 2.22. The van der Waals surface area contributed by atoms with E-state index in [4.69, 9.17) is 4.74 Å². The molecule has 1 fully saturated rings. The van der Waals surface area contributed by atoms with Gasteiger partial charge >= 0.3 is 12.0 Å². The van der Waals surface area contributed by atoms with E-state index in [-0.39, 0.29) is 11.5 Å². The van der Waals surface area contributed by atoms with Crippen LogP contribution in [0.1, 0.15) is 75.7 Å². The zero-order valence-electron chi connectivity index (χ0n) is 18.7. The first-order valence-corrected chi connectivity index (χ1v) is 10.7. The fraction of sp³-hybridized carbons (Fsp3) is 0.565. The smallest absolute Gasteiger partial charge is 0.328 e. The van der Waals surface area contributed by atoms with Gasteiger partial charge in [0.25, 0.3) is 11.8 Å². The van der Waals surface area contributed by atoms with Gasteiger partial charge in [0.2, 0.25) is 0 Å². The van der Waals surface area contributed by atoms with Crippen LogP contribution in [0.2, 0.25) is 0 Å². The molecule has 1 aliphatic rings. The van der Waals surface area contributed by atoms with Crippen LogP contribution in [0, 0.1) is 0 Å². The molecular formula is C23H33N3O5. The SMILES string of the molecule is C[C@H](NC(=O)c1ccc(C(C)(C)C)cc1)C(=O)OCC(=O)NC(=O)NC1CCCCC1. The number of imide groups is 1. The second kappa shape index (κ2) is 10.9. The normalized spacial score (nSPS) is 15.5. The summed E-state index contributed by atoms with van der Waals surface area (Å²) in [5.74, 6) is -1.90. The van der Waals surface area contributed by atoms with Crippen LogP contribution in [0.15, 0.2) is 24.3 Å². The van der Waals surface area contributed by atoms with E-state index in [1.54, 1.807) is 12.1 Å². The van der Waals surface area contributed by atoms with Crippen molar-refractivity contribution in [2.45, 2.75) is 77.3 Å². The molecule has 1 aromatic rings. The van der Waals surface area contributed by atoms with Crippen LogP contribution in [0.25, 0.3) is 0 Å². The van der Waals surface area contributed by atoms with E-state index in [2.05, 4.69) is 36.7 Å². The molecule has 1 aromatic carbocycles. The summed E-state index contributed by atoms with van der Waals surface area (Å²) < 4.78 is 4.91. The molecule has 2 rings (SSSR count). The Kier molecular flexibility index (Phi) is 8.59. The van der Waals surface area contributed by atoms with Crippen LogP contribution >= 0.6 is 0 Å². The van der Waals surface area contributed by atoms with Crippen molar-refractivity contribution in [2.75, 3.05) is 6.61 Å². The third-order valence-electron chi connectivity index (χ3n) is 5.25. The molecule has 0 aromatic heterocycles. The number of rotatable bonds is 6. The topological polar surface area (TPSA) is 114 Å². The summed E-state index contributed by atoms with van der Waals surface area (Å²) in [5, 5.41) is 7.45. The molecule has 8 heteroatoms. The van der Waals surface area contributed by atoms with Crippen LogP contribution in [0.3, 0.4) is 0 Å². The zero-order valence-corrected chi connectivity index (χ0v) is 18.7. The Morgan fingerprint density at radius 3 is 2.23 bits per heavy atom. The second-order valence-electron chi connectivity index (χ2n) is 8.99. The van der Waals surface area contributed by atoms with Gasteiger partial charge in [0, 0.05) is 11.6 Å². The molecule has 31 heavy (non-hydrogen) atoms. The number of amides is 4. The number of nitrogens with one attached hydrogen (secondary N) is 3. The lowest BCUT2D eigenvalue weighted by Gasteiger charge is -2.22. The summed E-state index contributed by atoms with van der Waals surface area (Å²) in [6, 6.07) is 5.68. The molecule has 8 nitrogen and oxygen atoms in total. The van der Waals surface area contributed by atoms with Crippen LogP contribution in [-0.4, -0.2) is 42.5 Å². The number of ether oxygens (including phenoxy) is 1. The minimum absolute atomic E-state index is 0.0278. The van der Waals surface area contributed by atoms with Crippen LogP contribution in [-0.2, 0) is 19.7 Å². The van der Waals surface area contributed by atoms with Crippen molar-refractivity contribution in [3.05, 3.63) is 35.4 Å². The van der Waals surface area contributed by atoms with Crippen molar-refractivity contribution in [1.82, 2.24) is 16.0 Å². The lowest BCUT2D eigenvalue weighted by atomic mass is 9.86. The van der Waals surface area contributed by atoms with E-state index in [9.17, 15) is 19.2 Å². The van der Waals surface area contributed by atoms with Crippen LogP contribution in [0.5, 0.6) is 0 Å². The highest BCUT2D eigenvalue weighted by molar-refractivity contribution is 5.98. The van der Waals surface area contributed by atoms with E-state index in [1.807, 2.05) is 12.1 Å². The summed E-state index contributed by atoms with van der Waals surface area (Å²) in [5.41, 5.74) is 1.49. The van der Waals surface area contributed by atoms with Crippen molar-refractivity contribution in [3.63, 3.8) is 0 Å². The number of hydrogen-bond acceptors (Lipinski definition) is 5. The molecule has 1 atom stereocenters. The van der Waals surface area contributed by atoms with Crippen LogP contribution in [0.4, 0.5) is 4.79 Å². The van der Waals surface area contributed by atoms with Gasteiger partial charge in [0.15, 0.2) is 6.61 Å². The molecule has 0 unspecified atom stereocenters. The molecule has 1 saturated carbocycles. The van der Waals surface area contributed by atoms with E-state index in [1.165, 1.54) is 6.92 Å². The Bertz CT molecular complexity index is 792. The predicted octanol–water partition coefficient (Wildman–Crippen LogP) is 2.80. The van der Waals surface area contributed by atoms with E-state index in [0.717, 1.165) is 37.7 Å². The summed E-state index contributed by atoms with van der Waals surface area (Å²) in [6.07, 6.45) is 5.06. The molecule has 3 N–H and O–H groups in total. The molecule has 170 valence electrons. The fourth-order valence-electron chi connectivity index (χ4n) is 3.35. The molecule has 4 amide bonds. The molecule has 0 spiro atoms. The lowest BCUT2D eigenvalue weighted by molar-refractivity contribution is -0.149. The zero-order chi connectivity index (χ0) is 23.0. The highest BCUT2D eigenvalue weighted by atomic mass is 16.5. The molecule has 0 heterocycles. The lowest BCUT2D eigenvalue weighted by Crippen LogP contribution is -2.47. The summed E-state index contributed by atoms with van der Waals surface area (Å²) in [6.45, 7) is 7.11. The van der Waals surface area contributed by atoms with E-state index in [0.29, 0.717) is 5.56 Å². The predicted molar refractivity (Wildman–Crippen MR) is 117 cm³/mol. The maximum Gasteiger partial charge on any atom is 0.328 e. The Labute approximate surface area is 183 Å². The van der Waals surface area contributed by atoms with Crippen molar-refractivity contribution in [1.29, 1.82) is 0 Å². The molecule has 0 radical (unpaired) electrons. The molecule has 0 saturated heterocycles. The summed E-state index contributed by atoms with van der Waals surface area (Å²) >= 11 is 0. The van der Waals surface area contributed by atoms with Gasteiger partial charge in [-0.15, -0.1) is 0 Å². The number of esters is 1. The summed E-state index contributed by atoms with van der Waals surface area (Å²) in [7, 11) is 0. The Balaban J connectivity index is 1.74. The highest BCUT2D eigenvalue weighted by Gasteiger charge is 2.21. The van der Waals surface area contributed by atoms with Crippen molar-refractivity contribution in [2.24, 2.45) is 0 Å². The largest absolute Gasteiger partial charge is 0.454 e. The third-order valence-corrected chi connectivity index (χ3v) is 5.25. The van der Waals surface area contributed by atoms with Gasteiger partial charge < -0.3 is 15.4 Å². The Morgan fingerprint density at radius 2 is 1.65 bits per heavy atom. The summed E-state index contributed by atoms with van der Waals surface area (Å²) in [4.78, 5) is 48.1. The molecule has 1 aliphatic carbocycles. The van der Waals surface area contributed by atoms with E-state index >= 15 is 0 Å². The van der Waals surface area contributed by atoms with Crippen molar-refractivity contribution < 1.29 is 23.9 Å². The standard InChI is InChI=1S/C23H33N3O5/c1-15(24-20(28)16-10-12-17(13-11-16)23(2,3)4)21(29)31-14-19(27)26-22(30)25-18-8-6-5-7-9-18/h10-13,15,18H,5-9,14H2,1-4H3,(H,24,28)(H2,25,26,27,30)/t15-/m0/s1. The number of urea groups is 1. The molecule has 0 aliphatic heterocycles. The number of carbonyl (C=O) groups is 4. The minimum atomic E-state index is -0.946. The van der Waals surface area contributed by atoms with Gasteiger partial charge in [-0.2, -0.15) is 0 Å². The third kappa shape index (κ3) is 8.03. The van der Waals surface area contributed by atoms with Gasteiger partial charge in [0.1, 0.15) is 6.04 Å². The fourth-order valence-corrected chi connectivity index (χ4v) is 3.35. The average molecular weight is 432 g/mol. The Hall–Kier alpha value is -2.90. The minimum Gasteiger partial charge on any atom is -0.454 e. The molecule has 0 bridgehead atoms. The number of hydrogen-bond donors (Lipinski definition) is 3. The number of benzene rings is 1. The average Bonchev–Trinajstić information content (AvgIpc) is 2.72. The van der Waals surface area contributed by atoms with Gasteiger partial charge in [-0.25, -0.2) is 9.59 Å². The van der Waals surface area contributed by atoms with Gasteiger partial charge in [-0.3, -0.25) is 14.9 Å². The van der Waals surface area contributed by atoms with Gasteiger partial charge in [-0.05, 0) is 42.9 Å². The van der Waals surface area contributed by atoms with E-state index < -0.39 is 36.5 Å². The van der Waals surface area contributed by atoms with Crippen molar-refractivity contribution >= 4 is 23.8 Å². The molecular weight excluding hydrogens is 398 g/mol. The maximum absolute atomic E-state index is 12.3. The quantitative estimate of drug-likeness (QED) is 0.600. The van der Waals surface area contributed by atoms with Crippen LogP contribution < -0.4 is 16.0 Å². The van der Waals surface area contributed by atoms with Gasteiger partial charge in [-0.1, -0.05) is 52.2 Å². The van der Waals surface area contributed by atoms with Gasteiger partial charge in [0.05, 0.1) is 0 Å².